The molecule has 2 heterocycles. The van der Waals surface area contributed by atoms with Gasteiger partial charge in [-0.3, -0.25) is 0 Å². The SMILES string of the molecule is Cc1ccc2[nH]c3c(c2c1)C1CCCCC1NC3.Cl. The highest BCUT2D eigenvalue weighted by Gasteiger charge is 2.33. The van der Waals surface area contributed by atoms with Crippen LogP contribution in [0.25, 0.3) is 10.9 Å². The summed E-state index contributed by atoms with van der Waals surface area (Å²) in [7, 11) is 0. The van der Waals surface area contributed by atoms with Crippen molar-refractivity contribution in [1.29, 1.82) is 0 Å². The van der Waals surface area contributed by atoms with Gasteiger partial charge < -0.3 is 10.3 Å². The van der Waals surface area contributed by atoms with Crippen LogP contribution in [0.4, 0.5) is 0 Å². The predicted molar refractivity (Wildman–Crippen MR) is 82.1 cm³/mol. The molecule has 102 valence electrons. The van der Waals surface area contributed by atoms with Gasteiger partial charge in [-0.25, -0.2) is 0 Å². The average molecular weight is 277 g/mol. The van der Waals surface area contributed by atoms with Crippen LogP contribution < -0.4 is 5.32 Å². The molecule has 1 aliphatic heterocycles. The zero-order valence-corrected chi connectivity index (χ0v) is 12.1. The second-order valence-electron chi connectivity index (χ2n) is 5.94. The van der Waals surface area contributed by atoms with Gasteiger partial charge in [-0.1, -0.05) is 24.5 Å². The van der Waals surface area contributed by atoms with E-state index in [0.29, 0.717) is 6.04 Å². The lowest BCUT2D eigenvalue weighted by Crippen LogP contribution is -2.40. The molecule has 2 N–H and O–H groups in total. The van der Waals surface area contributed by atoms with Crippen molar-refractivity contribution in [1.82, 2.24) is 10.3 Å². The molecule has 1 aromatic heterocycles. The molecular formula is C16H21ClN2. The topological polar surface area (TPSA) is 27.8 Å². The lowest BCUT2D eigenvalue weighted by molar-refractivity contribution is 0.308. The van der Waals surface area contributed by atoms with Gasteiger partial charge in [0.1, 0.15) is 0 Å². The number of halogens is 1. The van der Waals surface area contributed by atoms with Crippen molar-refractivity contribution < 1.29 is 0 Å². The number of nitrogens with one attached hydrogen (secondary N) is 2. The molecule has 2 aromatic rings. The summed E-state index contributed by atoms with van der Waals surface area (Å²) in [6.07, 6.45) is 5.49. The predicted octanol–water partition coefficient (Wildman–Crippen LogP) is 4.03. The van der Waals surface area contributed by atoms with E-state index >= 15 is 0 Å². The smallest absolute Gasteiger partial charge is 0.0459 e. The van der Waals surface area contributed by atoms with Gasteiger partial charge in [0.2, 0.25) is 0 Å². The summed E-state index contributed by atoms with van der Waals surface area (Å²) in [4.78, 5) is 3.61. The first kappa shape index (κ1) is 13.0. The van der Waals surface area contributed by atoms with E-state index in [2.05, 4.69) is 35.4 Å². The molecule has 2 aliphatic rings. The number of benzene rings is 1. The van der Waals surface area contributed by atoms with Gasteiger partial charge in [0.15, 0.2) is 0 Å². The lowest BCUT2D eigenvalue weighted by Gasteiger charge is -2.36. The summed E-state index contributed by atoms with van der Waals surface area (Å²) in [6.45, 7) is 3.21. The number of hydrogen-bond donors (Lipinski definition) is 2. The van der Waals surface area contributed by atoms with Crippen LogP contribution in [0.3, 0.4) is 0 Å². The monoisotopic (exact) mass is 276 g/mol. The van der Waals surface area contributed by atoms with Gasteiger partial charge in [-0.05, 0) is 37.5 Å². The van der Waals surface area contributed by atoms with Crippen molar-refractivity contribution in [3.05, 3.63) is 35.0 Å². The lowest BCUT2D eigenvalue weighted by atomic mass is 9.77. The molecular weight excluding hydrogens is 256 g/mol. The van der Waals surface area contributed by atoms with Crippen LogP contribution in [-0.2, 0) is 6.54 Å². The number of aromatic nitrogens is 1. The Morgan fingerprint density at radius 2 is 2.00 bits per heavy atom. The molecule has 0 bridgehead atoms. The fourth-order valence-electron chi connectivity index (χ4n) is 3.90. The zero-order valence-electron chi connectivity index (χ0n) is 11.3. The second kappa shape index (κ2) is 4.84. The minimum absolute atomic E-state index is 0. The Morgan fingerprint density at radius 3 is 2.89 bits per heavy atom. The Balaban J connectivity index is 0.00000110. The maximum absolute atomic E-state index is 3.72. The molecule has 0 saturated heterocycles. The fourth-order valence-corrected chi connectivity index (χ4v) is 3.90. The summed E-state index contributed by atoms with van der Waals surface area (Å²) in [5, 5.41) is 5.20. The highest BCUT2D eigenvalue weighted by Crippen LogP contribution is 2.41. The minimum Gasteiger partial charge on any atom is -0.357 e. The van der Waals surface area contributed by atoms with E-state index in [4.69, 9.17) is 0 Å². The number of H-pyrrole nitrogens is 1. The number of fused-ring (bicyclic) bond motifs is 5. The van der Waals surface area contributed by atoms with Crippen molar-refractivity contribution >= 4 is 23.3 Å². The van der Waals surface area contributed by atoms with Gasteiger partial charge in [0.25, 0.3) is 0 Å². The molecule has 3 heteroatoms. The van der Waals surface area contributed by atoms with E-state index in [1.54, 1.807) is 5.56 Å². The molecule has 19 heavy (non-hydrogen) atoms. The minimum atomic E-state index is 0. The molecule has 0 amide bonds. The van der Waals surface area contributed by atoms with Crippen molar-refractivity contribution in [2.24, 2.45) is 0 Å². The third kappa shape index (κ3) is 1.98. The zero-order chi connectivity index (χ0) is 12.1. The van der Waals surface area contributed by atoms with Crippen LogP contribution in [0, 0.1) is 6.92 Å². The molecule has 1 saturated carbocycles. The molecule has 1 aliphatic carbocycles. The van der Waals surface area contributed by atoms with Crippen molar-refractivity contribution in [2.75, 3.05) is 0 Å². The van der Waals surface area contributed by atoms with Crippen LogP contribution in [0.1, 0.15) is 48.4 Å². The van der Waals surface area contributed by atoms with E-state index in [1.807, 2.05) is 0 Å². The third-order valence-corrected chi connectivity index (χ3v) is 4.75. The van der Waals surface area contributed by atoms with Crippen molar-refractivity contribution in [2.45, 2.75) is 51.1 Å². The van der Waals surface area contributed by atoms with Gasteiger partial charge >= 0.3 is 0 Å². The normalized spacial score (nSPS) is 25.5. The molecule has 2 unspecified atom stereocenters. The van der Waals surface area contributed by atoms with E-state index < -0.39 is 0 Å². The molecule has 0 radical (unpaired) electrons. The Bertz CT molecular complexity index is 602. The molecule has 2 atom stereocenters. The highest BCUT2D eigenvalue weighted by molar-refractivity contribution is 5.86. The first-order valence-electron chi connectivity index (χ1n) is 7.17. The molecule has 4 rings (SSSR count). The summed E-state index contributed by atoms with van der Waals surface area (Å²) >= 11 is 0. The van der Waals surface area contributed by atoms with Gasteiger partial charge in [0.05, 0.1) is 0 Å². The van der Waals surface area contributed by atoms with E-state index in [1.165, 1.54) is 47.8 Å². The van der Waals surface area contributed by atoms with E-state index in [-0.39, 0.29) is 12.4 Å². The van der Waals surface area contributed by atoms with Crippen molar-refractivity contribution in [3.8, 4) is 0 Å². The van der Waals surface area contributed by atoms with Crippen molar-refractivity contribution in [3.63, 3.8) is 0 Å². The summed E-state index contributed by atoms with van der Waals surface area (Å²) in [6, 6.07) is 7.52. The van der Waals surface area contributed by atoms with Gasteiger partial charge in [-0.15, -0.1) is 12.4 Å². The standard InChI is InChI=1S/C16H20N2.ClH/c1-10-6-7-14-12(8-10)16-11-4-2-3-5-13(11)17-9-15(16)18-14;/h6-8,11,13,17-18H,2-5,9H2,1H3;1H. The van der Waals surface area contributed by atoms with E-state index in [9.17, 15) is 0 Å². The molecule has 1 aromatic carbocycles. The highest BCUT2D eigenvalue weighted by atomic mass is 35.5. The van der Waals surface area contributed by atoms with Crippen LogP contribution in [-0.4, -0.2) is 11.0 Å². The number of hydrogen-bond acceptors (Lipinski definition) is 1. The molecule has 1 fully saturated rings. The number of aryl methyl sites for hydroxylation is 1. The van der Waals surface area contributed by atoms with Gasteiger partial charge in [-0.2, -0.15) is 0 Å². The fraction of sp³-hybridized carbons (Fsp3) is 0.500. The Morgan fingerprint density at radius 1 is 1.16 bits per heavy atom. The third-order valence-electron chi connectivity index (χ3n) is 4.75. The summed E-state index contributed by atoms with van der Waals surface area (Å²) in [5.41, 5.74) is 5.74. The second-order valence-corrected chi connectivity index (χ2v) is 5.94. The Hall–Kier alpha value is -0.990. The van der Waals surface area contributed by atoms with Gasteiger partial charge in [0, 0.05) is 35.1 Å². The Kier molecular flexibility index (Phi) is 3.32. The molecule has 2 nitrogen and oxygen atoms in total. The van der Waals surface area contributed by atoms with Crippen LogP contribution in [0.2, 0.25) is 0 Å². The number of aromatic amines is 1. The van der Waals surface area contributed by atoms with Crippen LogP contribution in [0.5, 0.6) is 0 Å². The first-order chi connectivity index (χ1) is 8.83. The van der Waals surface area contributed by atoms with Crippen LogP contribution >= 0.6 is 12.4 Å². The largest absolute Gasteiger partial charge is 0.357 e. The van der Waals surface area contributed by atoms with E-state index in [0.717, 1.165) is 12.5 Å². The maximum atomic E-state index is 3.72. The van der Waals surface area contributed by atoms with Crippen LogP contribution in [0.15, 0.2) is 18.2 Å². The molecule has 0 spiro atoms. The summed E-state index contributed by atoms with van der Waals surface area (Å²) in [5.74, 6) is 0.734. The first-order valence-corrected chi connectivity index (χ1v) is 7.17. The Labute approximate surface area is 120 Å². The average Bonchev–Trinajstić information content (AvgIpc) is 2.77. The number of rotatable bonds is 0. The maximum Gasteiger partial charge on any atom is 0.0459 e. The quantitative estimate of drug-likeness (QED) is 0.747. The summed E-state index contributed by atoms with van der Waals surface area (Å²) < 4.78 is 0.